The lowest BCUT2D eigenvalue weighted by atomic mass is 10.1. The first-order valence-corrected chi connectivity index (χ1v) is 9.34. The summed E-state index contributed by atoms with van der Waals surface area (Å²) in [5.41, 5.74) is 2.85. The highest BCUT2D eigenvalue weighted by Gasteiger charge is 2.24. The van der Waals surface area contributed by atoms with Crippen LogP contribution in [0.3, 0.4) is 0 Å². The zero-order chi connectivity index (χ0) is 18.4. The van der Waals surface area contributed by atoms with Crippen molar-refractivity contribution in [3.63, 3.8) is 0 Å². The maximum atomic E-state index is 10.6. The summed E-state index contributed by atoms with van der Waals surface area (Å²) in [5.74, 6) is 0. The van der Waals surface area contributed by atoms with Gasteiger partial charge in [0.05, 0.1) is 17.7 Å². The van der Waals surface area contributed by atoms with E-state index >= 15 is 0 Å². The lowest BCUT2D eigenvalue weighted by Crippen LogP contribution is -2.40. The van der Waals surface area contributed by atoms with Gasteiger partial charge in [-0.25, -0.2) is 0 Å². The number of rotatable bonds is 5. The molecule has 4 heteroatoms. The van der Waals surface area contributed by atoms with E-state index in [2.05, 4.69) is 53.1 Å². The van der Waals surface area contributed by atoms with E-state index in [1.165, 1.54) is 5.56 Å². The third-order valence-corrected chi connectivity index (χ3v) is 5.15. The van der Waals surface area contributed by atoms with Crippen LogP contribution in [0.2, 0.25) is 0 Å². The van der Waals surface area contributed by atoms with Crippen molar-refractivity contribution in [1.29, 1.82) is 5.26 Å². The number of hydrogen-bond donors (Lipinski definition) is 1. The summed E-state index contributed by atoms with van der Waals surface area (Å²) in [7, 11) is 0. The molecule has 0 radical (unpaired) electrons. The van der Waals surface area contributed by atoms with Crippen LogP contribution in [0.15, 0.2) is 54.6 Å². The van der Waals surface area contributed by atoms with Gasteiger partial charge in [-0.2, -0.15) is 5.26 Å². The zero-order valence-corrected chi connectivity index (χ0v) is 15.4. The average molecular weight is 349 g/mol. The Morgan fingerprint density at radius 3 is 2.54 bits per heavy atom. The minimum Gasteiger partial charge on any atom is -0.387 e. The molecule has 4 nitrogen and oxygen atoms in total. The van der Waals surface area contributed by atoms with Crippen molar-refractivity contribution in [3.8, 4) is 6.07 Å². The molecule has 2 unspecified atom stereocenters. The minimum absolute atomic E-state index is 0.397. The predicted octanol–water partition coefficient (Wildman–Crippen LogP) is 3.19. The summed E-state index contributed by atoms with van der Waals surface area (Å²) >= 11 is 0. The maximum absolute atomic E-state index is 10.6. The zero-order valence-electron chi connectivity index (χ0n) is 15.4. The molecular formula is C22H27N3O. The minimum atomic E-state index is -0.522. The summed E-state index contributed by atoms with van der Waals surface area (Å²) in [6, 6.07) is 20.4. The summed E-state index contributed by atoms with van der Waals surface area (Å²) in [6.45, 7) is 6.95. The fourth-order valence-corrected chi connectivity index (χ4v) is 3.66. The number of aliphatic hydroxyl groups excluding tert-OH is 1. The third kappa shape index (κ3) is 4.92. The van der Waals surface area contributed by atoms with E-state index in [1.54, 1.807) is 12.1 Å². The Balaban J connectivity index is 1.58. The summed E-state index contributed by atoms with van der Waals surface area (Å²) in [4.78, 5) is 4.89. The van der Waals surface area contributed by atoms with Crippen molar-refractivity contribution in [3.05, 3.63) is 71.3 Å². The quantitative estimate of drug-likeness (QED) is 0.901. The van der Waals surface area contributed by atoms with Crippen molar-refractivity contribution in [2.24, 2.45) is 0 Å². The Hall–Kier alpha value is -2.19. The van der Waals surface area contributed by atoms with E-state index in [1.807, 2.05) is 12.1 Å². The first-order chi connectivity index (χ1) is 12.7. The molecule has 0 saturated carbocycles. The Bertz CT molecular complexity index is 723. The topological polar surface area (TPSA) is 50.5 Å². The molecule has 136 valence electrons. The van der Waals surface area contributed by atoms with Crippen LogP contribution < -0.4 is 0 Å². The number of nitrogens with zero attached hydrogens (tertiary/aromatic N) is 3. The fourth-order valence-electron chi connectivity index (χ4n) is 3.66. The summed E-state index contributed by atoms with van der Waals surface area (Å²) in [6.07, 6.45) is 0.586. The van der Waals surface area contributed by atoms with Crippen LogP contribution in [0.4, 0.5) is 0 Å². The molecule has 0 aromatic heterocycles. The second kappa shape index (κ2) is 8.95. The van der Waals surface area contributed by atoms with E-state index in [4.69, 9.17) is 5.26 Å². The van der Waals surface area contributed by atoms with Gasteiger partial charge in [-0.1, -0.05) is 42.5 Å². The van der Waals surface area contributed by atoms with E-state index in [-0.39, 0.29) is 0 Å². The standard InChI is InChI=1S/C22H27N3O/c1-18-15-24(16-20-6-3-2-4-7-20)12-5-13-25(18)17-22(26)21-10-8-19(14-23)9-11-21/h2-4,6-11,18,22,26H,5,12-13,15-17H2,1H3. The SMILES string of the molecule is CC1CN(Cc2ccccc2)CCCN1CC(O)c1ccc(C#N)cc1. The Morgan fingerprint density at radius 2 is 1.85 bits per heavy atom. The highest BCUT2D eigenvalue weighted by molar-refractivity contribution is 5.32. The highest BCUT2D eigenvalue weighted by atomic mass is 16.3. The van der Waals surface area contributed by atoms with Gasteiger partial charge < -0.3 is 5.11 Å². The molecule has 0 spiro atoms. The van der Waals surface area contributed by atoms with Gasteiger partial charge in [-0.15, -0.1) is 0 Å². The second-order valence-electron chi connectivity index (χ2n) is 7.17. The van der Waals surface area contributed by atoms with E-state index in [0.29, 0.717) is 18.2 Å². The van der Waals surface area contributed by atoms with Crippen LogP contribution in [0.25, 0.3) is 0 Å². The predicted molar refractivity (Wildman–Crippen MR) is 103 cm³/mol. The number of β-amino-alcohol motifs (C(OH)–C–C–N with tert-alkyl or cyclic N) is 1. The van der Waals surface area contributed by atoms with Crippen LogP contribution in [0, 0.1) is 11.3 Å². The van der Waals surface area contributed by atoms with E-state index in [9.17, 15) is 5.11 Å². The van der Waals surface area contributed by atoms with Crippen molar-refractivity contribution < 1.29 is 5.11 Å². The van der Waals surface area contributed by atoms with Crippen molar-refractivity contribution in [2.45, 2.75) is 32.0 Å². The fraction of sp³-hybridized carbons (Fsp3) is 0.409. The molecule has 0 amide bonds. The number of hydrogen-bond acceptors (Lipinski definition) is 4. The Kier molecular flexibility index (Phi) is 6.40. The van der Waals surface area contributed by atoms with Crippen LogP contribution in [-0.2, 0) is 6.54 Å². The van der Waals surface area contributed by atoms with Crippen LogP contribution in [0.1, 0.15) is 36.1 Å². The van der Waals surface area contributed by atoms with Crippen LogP contribution >= 0.6 is 0 Å². The Labute approximate surface area is 156 Å². The molecule has 1 aliphatic rings. The smallest absolute Gasteiger partial charge is 0.0991 e. The molecule has 1 heterocycles. The van der Waals surface area contributed by atoms with Crippen molar-refractivity contribution in [1.82, 2.24) is 9.80 Å². The summed E-state index contributed by atoms with van der Waals surface area (Å²) in [5, 5.41) is 19.5. The molecule has 2 atom stereocenters. The molecule has 3 rings (SSSR count). The summed E-state index contributed by atoms with van der Waals surface area (Å²) < 4.78 is 0. The average Bonchev–Trinajstić information content (AvgIpc) is 2.84. The normalized spacial score (nSPS) is 20.3. The monoisotopic (exact) mass is 349 g/mol. The Morgan fingerprint density at radius 1 is 1.12 bits per heavy atom. The second-order valence-corrected chi connectivity index (χ2v) is 7.17. The van der Waals surface area contributed by atoms with Gasteiger partial charge >= 0.3 is 0 Å². The van der Waals surface area contributed by atoms with Crippen molar-refractivity contribution in [2.75, 3.05) is 26.2 Å². The van der Waals surface area contributed by atoms with Gasteiger partial charge in [0.15, 0.2) is 0 Å². The molecule has 1 fully saturated rings. The molecule has 2 aromatic rings. The van der Waals surface area contributed by atoms with Gasteiger partial charge in [0.2, 0.25) is 0 Å². The largest absolute Gasteiger partial charge is 0.387 e. The maximum Gasteiger partial charge on any atom is 0.0991 e. The number of benzene rings is 2. The van der Waals surface area contributed by atoms with Gasteiger partial charge in [-0.05, 0) is 49.7 Å². The molecular weight excluding hydrogens is 322 g/mol. The molecule has 0 bridgehead atoms. The number of aliphatic hydroxyl groups is 1. The number of nitriles is 1. The first-order valence-electron chi connectivity index (χ1n) is 9.34. The van der Waals surface area contributed by atoms with E-state index in [0.717, 1.165) is 38.2 Å². The van der Waals surface area contributed by atoms with Crippen LogP contribution in [-0.4, -0.2) is 47.1 Å². The van der Waals surface area contributed by atoms with Gasteiger partial charge in [-0.3, -0.25) is 9.80 Å². The van der Waals surface area contributed by atoms with Crippen molar-refractivity contribution >= 4 is 0 Å². The molecule has 26 heavy (non-hydrogen) atoms. The molecule has 0 aliphatic carbocycles. The molecule has 2 aromatic carbocycles. The van der Waals surface area contributed by atoms with E-state index < -0.39 is 6.10 Å². The highest BCUT2D eigenvalue weighted by Crippen LogP contribution is 2.19. The first kappa shape index (κ1) is 18.6. The lowest BCUT2D eigenvalue weighted by molar-refractivity contribution is 0.0901. The lowest BCUT2D eigenvalue weighted by Gasteiger charge is -2.30. The van der Waals surface area contributed by atoms with Crippen LogP contribution in [0.5, 0.6) is 0 Å². The van der Waals surface area contributed by atoms with Gasteiger partial charge in [0, 0.05) is 25.7 Å². The third-order valence-electron chi connectivity index (χ3n) is 5.15. The molecule has 1 aliphatic heterocycles. The van der Waals surface area contributed by atoms with Gasteiger partial charge in [0.1, 0.15) is 0 Å². The molecule has 1 N–H and O–H groups in total. The molecule has 1 saturated heterocycles. The van der Waals surface area contributed by atoms with Gasteiger partial charge in [0.25, 0.3) is 0 Å².